The number of carbonyl (C=O) groups excluding carboxylic acids is 2. The Morgan fingerprint density at radius 3 is 2.21 bits per heavy atom. The van der Waals surface area contributed by atoms with Crippen LogP contribution in [0.4, 0.5) is 17.2 Å². The molecule has 0 spiro atoms. The molecule has 1 aromatic heterocycles. The van der Waals surface area contributed by atoms with Gasteiger partial charge in [-0.3, -0.25) is 25.2 Å². The second kappa shape index (κ2) is 27.4. The third kappa shape index (κ3) is 15.6. The van der Waals surface area contributed by atoms with Crippen molar-refractivity contribution in [2.24, 2.45) is 16.8 Å². The van der Waals surface area contributed by atoms with Crippen molar-refractivity contribution in [3.63, 3.8) is 0 Å². The van der Waals surface area contributed by atoms with Gasteiger partial charge in [-0.1, -0.05) is 89.3 Å². The topological polar surface area (TPSA) is 147 Å². The third-order valence-corrected chi connectivity index (χ3v) is 14.8. The van der Waals surface area contributed by atoms with Crippen LogP contribution in [0.3, 0.4) is 0 Å². The molecule has 372 valence electrons. The largest absolute Gasteiger partial charge is 0.393 e. The Kier molecular flexibility index (Phi) is 21.2. The minimum Gasteiger partial charge on any atom is -0.393 e. The number of nitrogens with zero attached hydrogens (tertiary/aromatic N) is 6. The average molecular weight is 933 g/mol. The van der Waals surface area contributed by atoms with Crippen molar-refractivity contribution >= 4 is 41.6 Å². The predicted molar refractivity (Wildman–Crippen MR) is 282 cm³/mol. The number of aryl methyl sites for hydroxylation is 1. The molecule has 4 aliphatic rings. The number of aliphatic hydroxyl groups excluding tert-OH is 1. The van der Waals surface area contributed by atoms with Crippen molar-refractivity contribution in [3.8, 4) is 11.1 Å². The number of aliphatic hydroxyl groups is 1. The lowest BCUT2D eigenvalue weighted by molar-refractivity contribution is -0.134. The Hall–Kier alpha value is -4.82. The zero-order valence-electron chi connectivity index (χ0n) is 42.0. The molecule has 1 atom stereocenters. The molecule has 4 heterocycles. The molecular formula is C55H84N10O3. The van der Waals surface area contributed by atoms with E-state index in [-0.39, 0.29) is 17.9 Å². The molecule has 0 radical (unpaired) electrons. The van der Waals surface area contributed by atoms with Crippen LogP contribution in [0.15, 0.2) is 66.4 Å². The van der Waals surface area contributed by atoms with E-state index in [0.717, 1.165) is 124 Å². The number of rotatable bonds is 22. The van der Waals surface area contributed by atoms with Crippen LogP contribution in [0.1, 0.15) is 120 Å². The van der Waals surface area contributed by atoms with Gasteiger partial charge in [0.05, 0.1) is 17.5 Å². The first-order chi connectivity index (χ1) is 33.1. The fraction of sp³-hybridized carbons (Fsp3) is 0.600. The zero-order chi connectivity index (χ0) is 48.3. The number of benzene rings is 2. The molecule has 13 heteroatoms. The fourth-order valence-corrected chi connectivity index (χ4v) is 10.4. The maximum atomic E-state index is 12.6. The van der Waals surface area contributed by atoms with Gasteiger partial charge >= 0.3 is 0 Å². The summed E-state index contributed by atoms with van der Waals surface area (Å²) in [5.41, 5.74) is 7.90. The number of unbranched alkanes of at least 4 members (excludes halogenated alkanes) is 2. The van der Waals surface area contributed by atoms with Crippen molar-refractivity contribution in [3.05, 3.63) is 78.1 Å². The normalized spacial score (nSPS) is 19.2. The van der Waals surface area contributed by atoms with Gasteiger partial charge < -0.3 is 35.0 Å². The highest BCUT2D eigenvalue weighted by Gasteiger charge is 2.32. The van der Waals surface area contributed by atoms with Crippen LogP contribution in [0.25, 0.3) is 11.1 Å². The number of imide groups is 1. The van der Waals surface area contributed by atoms with Crippen LogP contribution in [0, 0.1) is 17.2 Å². The summed E-state index contributed by atoms with van der Waals surface area (Å²) in [5.74, 6) is 1.93. The van der Waals surface area contributed by atoms with Gasteiger partial charge in [0.2, 0.25) is 11.8 Å². The Balaban J connectivity index is 0.000000995. The van der Waals surface area contributed by atoms with Crippen molar-refractivity contribution < 1.29 is 14.7 Å². The van der Waals surface area contributed by atoms with E-state index < -0.39 is 6.04 Å². The van der Waals surface area contributed by atoms with E-state index in [4.69, 9.17) is 10.5 Å². The first-order valence-corrected chi connectivity index (χ1v) is 26.1. The summed E-state index contributed by atoms with van der Waals surface area (Å²) >= 11 is 0. The molecule has 0 bridgehead atoms. The number of nitrogens with one attached hydrogen (secondary N) is 4. The fourth-order valence-electron chi connectivity index (χ4n) is 10.4. The van der Waals surface area contributed by atoms with Crippen LogP contribution in [0.5, 0.6) is 0 Å². The van der Waals surface area contributed by atoms with Gasteiger partial charge in [-0.2, -0.15) is 0 Å². The van der Waals surface area contributed by atoms with Gasteiger partial charge in [0, 0.05) is 89.9 Å². The number of aliphatic imine (C=N–C) groups is 1. The van der Waals surface area contributed by atoms with Crippen molar-refractivity contribution in [2.75, 3.05) is 88.1 Å². The monoisotopic (exact) mass is 933 g/mol. The molecule has 3 saturated heterocycles. The minimum atomic E-state index is -0.434. The molecule has 68 heavy (non-hydrogen) atoms. The molecule has 1 saturated carbocycles. The lowest BCUT2D eigenvalue weighted by atomic mass is 9.95. The number of aromatic nitrogens is 1. The third-order valence-electron chi connectivity index (χ3n) is 14.8. The number of amides is 2. The van der Waals surface area contributed by atoms with Crippen LogP contribution < -0.4 is 20.4 Å². The number of piperidine rings is 2. The molecule has 1 aliphatic carbocycles. The highest BCUT2D eigenvalue weighted by Crippen LogP contribution is 2.34. The summed E-state index contributed by atoms with van der Waals surface area (Å²) in [5, 5.41) is 22.4. The summed E-state index contributed by atoms with van der Waals surface area (Å²) in [6.45, 7) is 19.8. The van der Waals surface area contributed by atoms with E-state index >= 15 is 0 Å². The van der Waals surface area contributed by atoms with Crippen molar-refractivity contribution in [1.29, 1.82) is 5.41 Å². The number of aromatic amines is 1. The summed E-state index contributed by atoms with van der Waals surface area (Å²) in [6.07, 6.45) is 22.9. The van der Waals surface area contributed by atoms with Gasteiger partial charge in [-0.25, -0.2) is 4.99 Å². The molecule has 7 rings (SSSR count). The Bertz CT molecular complexity index is 2040. The van der Waals surface area contributed by atoms with E-state index in [1.54, 1.807) is 12.4 Å². The van der Waals surface area contributed by atoms with Crippen LogP contribution in [0.2, 0.25) is 0 Å². The molecular weight excluding hydrogens is 849 g/mol. The highest BCUT2D eigenvalue weighted by atomic mass is 16.3. The minimum absolute atomic E-state index is 0.0359. The van der Waals surface area contributed by atoms with Gasteiger partial charge in [0.25, 0.3) is 0 Å². The lowest BCUT2D eigenvalue weighted by Gasteiger charge is -2.39. The summed E-state index contributed by atoms with van der Waals surface area (Å²) in [4.78, 5) is 43.9. The van der Waals surface area contributed by atoms with Gasteiger partial charge in [-0.15, -0.1) is 0 Å². The van der Waals surface area contributed by atoms with Gasteiger partial charge in [0.1, 0.15) is 18.2 Å². The van der Waals surface area contributed by atoms with Crippen LogP contribution in [-0.4, -0.2) is 134 Å². The number of carbonyl (C=O) groups is 2. The summed E-state index contributed by atoms with van der Waals surface area (Å²) in [6, 6.07) is 15.1. The number of piperazine rings is 1. The van der Waals surface area contributed by atoms with Crippen molar-refractivity contribution in [2.45, 2.75) is 129 Å². The van der Waals surface area contributed by atoms with Crippen LogP contribution in [-0.2, 0) is 22.6 Å². The number of hydrogen-bond acceptors (Lipinski definition) is 10. The lowest BCUT2D eigenvalue weighted by Crippen LogP contribution is -2.51. The van der Waals surface area contributed by atoms with E-state index in [2.05, 4.69) is 109 Å². The number of H-pyrrole nitrogens is 1. The molecule has 13 nitrogen and oxygen atoms in total. The molecule has 5 N–H and O–H groups in total. The maximum Gasteiger partial charge on any atom is 0.249 e. The number of likely N-dealkylation sites (tertiary alicyclic amines) is 1. The molecule has 2 aromatic carbocycles. The highest BCUT2D eigenvalue weighted by molar-refractivity contribution is 6.02. The van der Waals surface area contributed by atoms with E-state index in [1.165, 1.54) is 82.3 Å². The van der Waals surface area contributed by atoms with E-state index in [1.807, 2.05) is 19.0 Å². The maximum absolute atomic E-state index is 12.6. The van der Waals surface area contributed by atoms with Gasteiger partial charge in [0.15, 0.2) is 0 Å². The molecule has 1 unspecified atom stereocenters. The summed E-state index contributed by atoms with van der Waals surface area (Å²) < 4.78 is 0. The predicted octanol–water partition coefficient (Wildman–Crippen LogP) is 8.93. The van der Waals surface area contributed by atoms with E-state index in [0.29, 0.717) is 18.8 Å². The number of hydrogen-bond donors (Lipinski definition) is 5. The quantitative estimate of drug-likeness (QED) is 0.0289. The molecule has 2 amide bonds. The Labute approximate surface area is 408 Å². The number of anilines is 3. The molecule has 3 aromatic rings. The summed E-state index contributed by atoms with van der Waals surface area (Å²) in [7, 11) is 4.06. The van der Waals surface area contributed by atoms with Crippen molar-refractivity contribution in [1.82, 2.24) is 25.0 Å². The smallest absolute Gasteiger partial charge is 0.249 e. The standard InChI is InChI=1S/C49H72N10O2.C6H12O/c1-6-37(7-2)31-52-48-43(32-51-36-50)42(33-53-48)41-16-13-39(14-17-41)34-57-26-28-58(29-27-57)35-40-21-24-56(25-22-40)23-11-9-10-12-38-15-18-44(46(30-38)55(4)5)59(8-3)45-19-20-47(60)54-49(45)61;7-6-4-2-1-3-5-6/h8,13-18,30,32-33,36-37,40,45,50,52-53H,3,6-7,9-12,19-29,31,34-35H2,1-2,4-5H3,(H,54,60,61);6-7H,1-5H2. The Morgan fingerprint density at radius 1 is 0.868 bits per heavy atom. The van der Waals surface area contributed by atoms with Gasteiger partial charge in [-0.05, 0) is 118 Å². The zero-order valence-corrected chi connectivity index (χ0v) is 42.0. The van der Waals surface area contributed by atoms with E-state index in [9.17, 15) is 9.59 Å². The van der Waals surface area contributed by atoms with Crippen LogP contribution >= 0.6 is 0 Å². The first-order valence-electron chi connectivity index (χ1n) is 26.1. The first kappa shape index (κ1) is 52.5. The molecule has 4 fully saturated rings. The second-order valence-corrected chi connectivity index (χ2v) is 19.9. The Morgan fingerprint density at radius 2 is 1.57 bits per heavy atom. The second-order valence-electron chi connectivity index (χ2n) is 19.9. The molecule has 3 aliphatic heterocycles. The average Bonchev–Trinajstić information content (AvgIpc) is 3.76. The SMILES string of the molecule is C=CN(c1ccc(CCCCCN2CCC(CN3CCN(Cc4ccc(-c5c[nH]c(NCC(CC)CC)c5C=NC=N)cc4)CC3)CC2)cc1N(C)C)C1CCC(=O)NC1=O.OC1CCCCC1.